The number of nitrogens with two attached hydrogens (primary N) is 1. The van der Waals surface area contributed by atoms with E-state index in [2.05, 4.69) is 5.32 Å². The number of hydrogen-bond donors (Lipinski definition) is 2. The van der Waals surface area contributed by atoms with Crippen LogP contribution < -0.4 is 11.1 Å². The Morgan fingerprint density at radius 2 is 1.76 bits per heavy atom. The fourth-order valence-corrected chi connectivity index (χ4v) is 2.83. The fraction of sp³-hybridized carbons (Fsp3) is 0.133. The average molecular weight is 304 g/mol. The molecule has 0 aliphatic rings. The molecule has 2 aromatic rings. The number of nitrogens with one attached hydrogen (secondary N) is 1. The van der Waals surface area contributed by atoms with Crippen molar-refractivity contribution < 1.29 is 13.2 Å². The van der Waals surface area contributed by atoms with Gasteiger partial charge in [-0.25, -0.2) is 8.42 Å². The minimum atomic E-state index is -3.42. The Kier molecular flexibility index (Phi) is 3.99. The van der Waals surface area contributed by atoms with Gasteiger partial charge < -0.3 is 11.1 Å². The van der Waals surface area contributed by atoms with E-state index < -0.39 is 15.7 Å². The van der Waals surface area contributed by atoms with Crippen molar-refractivity contribution in [2.75, 3.05) is 17.3 Å². The molecule has 1 amide bonds. The summed E-state index contributed by atoms with van der Waals surface area (Å²) < 4.78 is 23.4. The van der Waals surface area contributed by atoms with Gasteiger partial charge in [0.15, 0.2) is 9.84 Å². The number of para-hydroxylation sites is 1. The number of anilines is 2. The molecule has 0 aliphatic heterocycles. The van der Waals surface area contributed by atoms with E-state index in [0.717, 1.165) is 6.26 Å². The summed E-state index contributed by atoms with van der Waals surface area (Å²) in [4.78, 5) is 12.4. The highest BCUT2D eigenvalue weighted by Gasteiger charge is 2.16. The van der Waals surface area contributed by atoms with E-state index in [1.807, 2.05) is 0 Å². The van der Waals surface area contributed by atoms with Crippen molar-refractivity contribution in [1.29, 1.82) is 0 Å². The topological polar surface area (TPSA) is 89.3 Å². The van der Waals surface area contributed by atoms with Gasteiger partial charge in [-0.2, -0.15) is 0 Å². The van der Waals surface area contributed by atoms with Crippen LogP contribution in [0.1, 0.15) is 15.9 Å². The van der Waals surface area contributed by atoms with Crippen LogP contribution >= 0.6 is 0 Å². The van der Waals surface area contributed by atoms with Gasteiger partial charge in [0, 0.05) is 17.5 Å². The minimum absolute atomic E-state index is 0.0832. The molecular weight excluding hydrogens is 288 g/mol. The first kappa shape index (κ1) is 15.1. The first-order valence-corrected chi connectivity index (χ1v) is 8.15. The van der Waals surface area contributed by atoms with Crippen molar-refractivity contribution in [2.24, 2.45) is 0 Å². The van der Waals surface area contributed by atoms with Gasteiger partial charge in [0.25, 0.3) is 5.91 Å². The SMILES string of the molecule is Cc1c(N)cccc1C(=O)Nc1ccccc1S(C)(=O)=O. The van der Waals surface area contributed by atoms with Gasteiger partial charge in [0.2, 0.25) is 0 Å². The molecule has 110 valence electrons. The maximum Gasteiger partial charge on any atom is 0.256 e. The van der Waals surface area contributed by atoms with Gasteiger partial charge in [-0.3, -0.25) is 4.79 Å². The molecule has 2 rings (SSSR count). The van der Waals surface area contributed by atoms with Gasteiger partial charge in [0.1, 0.15) is 0 Å². The Morgan fingerprint density at radius 3 is 2.43 bits per heavy atom. The van der Waals surface area contributed by atoms with Crippen LogP contribution in [0.25, 0.3) is 0 Å². The quantitative estimate of drug-likeness (QED) is 0.851. The summed E-state index contributed by atoms with van der Waals surface area (Å²) in [5, 5.41) is 2.63. The van der Waals surface area contributed by atoms with Crippen molar-refractivity contribution in [1.82, 2.24) is 0 Å². The number of amides is 1. The zero-order valence-corrected chi connectivity index (χ0v) is 12.6. The average Bonchev–Trinajstić information content (AvgIpc) is 2.41. The summed E-state index contributed by atoms with van der Waals surface area (Å²) >= 11 is 0. The molecule has 5 nitrogen and oxygen atoms in total. The lowest BCUT2D eigenvalue weighted by atomic mass is 10.1. The summed E-state index contributed by atoms with van der Waals surface area (Å²) in [5.74, 6) is -0.393. The summed E-state index contributed by atoms with van der Waals surface area (Å²) in [6.07, 6.45) is 1.10. The highest BCUT2D eigenvalue weighted by atomic mass is 32.2. The minimum Gasteiger partial charge on any atom is -0.398 e. The normalized spacial score (nSPS) is 11.1. The molecule has 0 bridgehead atoms. The van der Waals surface area contributed by atoms with E-state index in [4.69, 9.17) is 5.73 Å². The number of nitrogen functional groups attached to an aromatic ring is 1. The predicted molar refractivity (Wildman–Crippen MR) is 83.1 cm³/mol. The second-order valence-corrected chi connectivity index (χ2v) is 6.73. The molecule has 0 atom stereocenters. The molecule has 0 saturated carbocycles. The van der Waals surface area contributed by atoms with Crippen molar-refractivity contribution in [3.05, 3.63) is 53.6 Å². The second-order valence-electron chi connectivity index (χ2n) is 4.74. The second kappa shape index (κ2) is 5.57. The molecule has 0 fully saturated rings. The highest BCUT2D eigenvalue weighted by molar-refractivity contribution is 7.90. The Bertz CT molecular complexity index is 798. The number of carbonyl (C=O) groups is 1. The third-order valence-corrected chi connectivity index (χ3v) is 4.31. The van der Waals surface area contributed by atoms with E-state index >= 15 is 0 Å². The maximum atomic E-state index is 12.3. The Hall–Kier alpha value is -2.34. The third kappa shape index (κ3) is 3.22. The highest BCUT2D eigenvalue weighted by Crippen LogP contribution is 2.22. The van der Waals surface area contributed by atoms with Gasteiger partial charge >= 0.3 is 0 Å². The summed E-state index contributed by atoms with van der Waals surface area (Å²) in [6, 6.07) is 11.3. The Labute approximate surface area is 123 Å². The fourth-order valence-electron chi connectivity index (χ4n) is 1.98. The van der Waals surface area contributed by atoms with E-state index in [9.17, 15) is 13.2 Å². The zero-order valence-electron chi connectivity index (χ0n) is 11.8. The molecule has 0 spiro atoms. The van der Waals surface area contributed by atoms with Crippen LogP contribution in [0.15, 0.2) is 47.4 Å². The van der Waals surface area contributed by atoms with Crippen molar-refractivity contribution in [3.8, 4) is 0 Å². The van der Waals surface area contributed by atoms with Crippen molar-refractivity contribution >= 4 is 27.1 Å². The van der Waals surface area contributed by atoms with Crippen molar-refractivity contribution in [3.63, 3.8) is 0 Å². The number of rotatable bonds is 3. The molecule has 0 heterocycles. The maximum absolute atomic E-state index is 12.3. The van der Waals surface area contributed by atoms with Crippen LogP contribution in [0.4, 0.5) is 11.4 Å². The van der Waals surface area contributed by atoms with Crippen LogP contribution in [-0.2, 0) is 9.84 Å². The Morgan fingerprint density at radius 1 is 1.10 bits per heavy atom. The number of benzene rings is 2. The van der Waals surface area contributed by atoms with E-state index in [0.29, 0.717) is 16.8 Å². The lowest BCUT2D eigenvalue weighted by molar-refractivity contribution is 0.102. The third-order valence-electron chi connectivity index (χ3n) is 3.16. The van der Waals surface area contributed by atoms with Gasteiger partial charge in [0.05, 0.1) is 10.6 Å². The van der Waals surface area contributed by atoms with E-state index in [1.165, 1.54) is 6.07 Å². The van der Waals surface area contributed by atoms with Crippen LogP contribution in [0.5, 0.6) is 0 Å². The molecule has 6 heteroatoms. The van der Waals surface area contributed by atoms with Gasteiger partial charge in [-0.15, -0.1) is 0 Å². The summed E-state index contributed by atoms with van der Waals surface area (Å²) in [6.45, 7) is 1.74. The van der Waals surface area contributed by atoms with Crippen LogP contribution in [0.2, 0.25) is 0 Å². The molecule has 0 aliphatic carbocycles. The predicted octanol–water partition coefficient (Wildman–Crippen LogP) is 2.23. The lowest BCUT2D eigenvalue weighted by Crippen LogP contribution is -2.16. The standard InChI is InChI=1S/C15H16N2O3S/c1-10-11(6-5-7-12(10)16)15(18)17-13-8-3-4-9-14(13)21(2,19)20/h3-9H,16H2,1-2H3,(H,17,18). The Balaban J connectivity index is 2.40. The van der Waals surface area contributed by atoms with Crippen LogP contribution in [0, 0.1) is 6.92 Å². The molecule has 3 N–H and O–H groups in total. The summed E-state index contributed by atoms with van der Waals surface area (Å²) in [5.41, 5.74) is 7.62. The van der Waals surface area contributed by atoms with Gasteiger partial charge in [-0.1, -0.05) is 18.2 Å². The largest absolute Gasteiger partial charge is 0.398 e. The molecule has 0 unspecified atom stereocenters. The van der Waals surface area contributed by atoms with Crippen molar-refractivity contribution in [2.45, 2.75) is 11.8 Å². The monoisotopic (exact) mass is 304 g/mol. The molecule has 0 saturated heterocycles. The zero-order chi connectivity index (χ0) is 15.6. The van der Waals surface area contributed by atoms with E-state index in [-0.39, 0.29) is 10.6 Å². The van der Waals surface area contributed by atoms with Gasteiger partial charge in [-0.05, 0) is 36.8 Å². The number of sulfone groups is 1. The molecule has 0 radical (unpaired) electrons. The molecule has 0 aromatic heterocycles. The van der Waals surface area contributed by atoms with Crippen LogP contribution in [-0.4, -0.2) is 20.6 Å². The summed E-state index contributed by atoms with van der Waals surface area (Å²) in [7, 11) is -3.42. The molecule has 21 heavy (non-hydrogen) atoms. The molecule has 2 aromatic carbocycles. The first-order chi connectivity index (χ1) is 9.80. The molecular formula is C15H16N2O3S. The number of carbonyl (C=O) groups excluding carboxylic acids is 1. The smallest absolute Gasteiger partial charge is 0.256 e. The number of hydrogen-bond acceptors (Lipinski definition) is 4. The van der Waals surface area contributed by atoms with Crippen LogP contribution in [0.3, 0.4) is 0 Å². The lowest BCUT2D eigenvalue weighted by Gasteiger charge is -2.12. The van der Waals surface area contributed by atoms with E-state index in [1.54, 1.807) is 43.3 Å². The first-order valence-electron chi connectivity index (χ1n) is 6.26.